The third-order valence-electron chi connectivity index (χ3n) is 3.62. The lowest BCUT2D eigenvalue weighted by atomic mass is 9.89. The Morgan fingerprint density at radius 3 is 2.52 bits per heavy atom. The van der Waals surface area contributed by atoms with Gasteiger partial charge >= 0.3 is 0 Å². The first kappa shape index (κ1) is 14.9. The molecule has 2 rings (SSSR count). The van der Waals surface area contributed by atoms with E-state index in [0.717, 1.165) is 23.4 Å². The molecule has 0 fully saturated rings. The number of anilines is 1. The standard InChI is InChI=1S/C18H20N2O/c1-3-18(14-19,13-15-8-5-4-6-9-15)20-16-10-7-11-17(12-16)21-2/h4-12,20H,3,13H2,1-2H3. The molecule has 0 radical (unpaired) electrons. The van der Waals surface area contributed by atoms with Crippen LogP contribution in [0.3, 0.4) is 0 Å². The predicted octanol–water partition coefficient (Wildman–Crippen LogP) is 4.02. The first-order chi connectivity index (χ1) is 10.2. The Labute approximate surface area is 126 Å². The second-order valence-electron chi connectivity index (χ2n) is 5.07. The molecule has 0 aliphatic heterocycles. The summed E-state index contributed by atoms with van der Waals surface area (Å²) in [5.41, 5.74) is 1.43. The molecule has 0 aliphatic rings. The molecule has 0 saturated carbocycles. The van der Waals surface area contributed by atoms with Crippen LogP contribution in [0.2, 0.25) is 0 Å². The first-order valence-corrected chi connectivity index (χ1v) is 7.09. The maximum atomic E-state index is 9.68. The fourth-order valence-electron chi connectivity index (χ4n) is 2.33. The Morgan fingerprint density at radius 2 is 1.90 bits per heavy atom. The Morgan fingerprint density at radius 1 is 1.14 bits per heavy atom. The van der Waals surface area contributed by atoms with Crippen LogP contribution >= 0.6 is 0 Å². The molecule has 108 valence electrons. The number of benzene rings is 2. The molecule has 1 atom stereocenters. The van der Waals surface area contributed by atoms with E-state index >= 15 is 0 Å². The topological polar surface area (TPSA) is 45.0 Å². The van der Waals surface area contributed by atoms with Gasteiger partial charge in [-0.1, -0.05) is 43.3 Å². The van der Waals surface area contributed by atoms with E-state index in [1.165, 1.54) is 0 Å². The van der Waals surface area contributed by atoms with Crippen molar-refractivity contribution in [3.63, 3.8) is 0 Å². The minimum atomic E-state index is -0.617. The van der Waals surface area contributed by atoms with E-state index in [4.69, 9.17) is 4.74 Å². The molecule has 3 heteroatoms. The normalized spacial score (nSPS) is 13.0. The van der Waals surface area contributed by atoms with Crippen molar-refractivity contribution in [2.24, 2.45) is 0 Å². The number of methoxy groups -OCH3 is 1. The first-order valence-electron chi connectivity index (χ1n) is 7.09. The number of nitrogens with one attached hydrogen (secondary N) is 1. The highest BCUT2D eigenvalue weighted by atomic mass is 16.5. The molecular weight excluding hydrogens is 260 g/mol. The van der Waals surface area contributed by atoms with Gasteiger partial charge in [0.25, 0.3) is 0 Å². The summed E-state index contributed by atoms with van der Waals surface area (Å²) in [6.07, 6.45) is 1.38. The van der Waals surface area contributed by atoms with E-state index < -0.39 is 5.54 Å². The molecule has 0 aromatic heterocycles. The van der Waals surface area contributed by atoms with Crippen molar-refractivity contribution in [3.05, 3.63) is 60.2 Å². The van der Waals surface area contributed by atoms with Crippen LogP contribution in [0.25, 0.3) is 0 Å². The fourth-order valence-corrected chi connectivity index (χ4v) is 2.33. The van der Waals surface area contributed by atoms with Crippen molar-refractivity contribution in [3.8, 4) is 11.8 Å². The quantitative estimate of drug-likeness (QED) is 0.869. The molecule has 0 spiro atoms. The molecule has 0 amide bonds. The van der Waals surface area contributed by atoms with Crippen LogP contribution in [0.15, 0.2) is 54.6 Å². The lowest BCUT2D eigenvalue weighted by Crippen LogP contribution is -2.38. The van der Waals surface area contributed by atoms with Crippen molar-refractivity contribution in [1.82, 2.24) is 0 Å². The lowest BCUT2D eigenvalue weighted by molar-refractivity contribution is 0.415. The van der Waals surface area contributed by atoms with Gasteiger partial charge in [0.2, 0.25) is 0 Å². The molecule has 21 heavy (non-hydrogen) atoms. The molecule has 1 unspecified atom stereocenters. The van der Waals surface area contributed by atoms with Crippen molar-refractivity contribution < 1.29 is 4.74 Å². The van der Waals surface area contributed by atoms with Gasteiger partial charge in [-0.3, -0.25) is 0 Å². The van der Waals surface area contributed by atoms with E-state index in [1.807, 2.05) is 49.4 Å². The van der Waals surface area contributed by atoms with Gasteiger partial charge in [-0.25, -0.2) is 0 Å². The highest BCUT2D eigenvalue weighted by Gasteiger charge is 2.28. The fraction of sp³-hybridized carbons (Fsp3) is 0.278. The Bertz CT molecular complexity index is 619. The van der Waals surface area contributed by atoms with E-state index in [9.17, 15) is 5.26 Å². The van der Waals surface area contributed by atoms with Gasteiger partial charge in [-0.2, -0.15) is 5.26 Å². The summed E-state index contributed by atoms with van der Waals surface area (Å²) in [4.78, 5) is 0. The predicted molar refractivity (Wildman–Crippen MR) is 85.4 cm³/mol. The average Bonchev–Trinajstić information content (AvgIpc) is 2.55. The SMILES string of the molecule is CCC(C#N)(Cc1ccccc1)Nc1cccc(OC)c1. The van der Waals surface area contributed by atoms with Crippen LogP contribution in [-0.4, -0.2) is 12.6 Å². The molecular formula is C18H20N2O. The van der Waals surface area contributed by atoms with Crippen molar-refractivity contribution in [2.45, 2.75) is 25.3 Å². The smallest absolute Gasteiger partial charge is 0.129 e. The lowest BCUT2D eigenvalue weighted by Gasteiger charge is -2.28. The largest absolute Gasteiger partial charge is 0.497 e. The Balaban J connectivity index is 2.23. The molecule has 0 aliphatic carbocycles. The monoisotopic (exact) mass is 280 g/mol. The summed E-state index contributed by atoms with van der Waals surface area (Å²) in [5.74, 6) is 0.780. The van der Waals surface area contributed by atoms with Crippen LogP contribution < -0.4 is 10.1 Å². The number of hydrogen-bond donors (Lipinski definition) is 1. The summed E-state index contributed by atoms with van der Waals surface area (Å²) in [5, 5.41) is 13.1. The van der Waals surface area contributed by atoms with Gasteiger partial charge in [-0.05, 0) is 24.1 Å². The maximum absolute atomic E-state index is 9.68. The summed E-state index contributed by atoms with van der Waals surface area (Å²) in [6, 6.07) is 20.2. The minimum absolute atomic E-state index is 0.617. The molecule has 1 N–H and O–H groups in total. The third kappa shape index (κ3) is 3.76. The van der Waals surface area contributed by atoms with E-state index in [1.54, 1.807) is 7.11 Å². The van der Waals surface area contributed by atoms with E-state index in [-0.39, 0.29) is 0 Å². The van der Waals surface area contributed by atoms with E-state index in [0.29, 0.717) is 6.42 Å². The highest BCUT2D eigenvalue weighted by molar-refractivity contribution is 5.52. The van der Waals surface area contributed by atoms with Crippen LogP contribution in [0, 0.1) is 11.3 Å². The maximum Gasteiger partial charge on any atom is 0.129 e. The number of rotatable bonds is 6. The van der Waals surface area contributed by atoms with Crippen molar-refractivity contribution >= 4 is 5.69 Å². The van der Waals surface area contributed by atoms with Gasteiger partial charge < -0.3 is 10.1 Å². The number of hydrogen-bond acceptors (Lipinski definition) is 3. The molecule has 0 bridgehead atoms. The van der Waals surface area contributed by atoms with Crippen LogP contribution in [0.5, 0.6) is 5.75 Å². The van der Waals surface area contributed by atoms with Gasteiger partial charge in [0.05, 0.1) is 13.2 Å². The van der Waals surface area contributed by atoms with Crippen molar-refractivity contribution in [2.75, 3.05) is 12.4 Å². The molecule has 0 saturated heterocycles. The van der Waals surface area contributed by atoms with Crippen molar-refractivity contribution in [1.29, 1.82) is 5.26 Å². The van der Waals surface area contributed by atoms with E-state index in [2.05, 4.69) is 23.5 Å². The van der Waals surface area contributed by atoms with Gasteiger partial charge in [-0.15, -0.1) is 0 Å². The summed E-state index contributed by atoms with van der Waals surface area (Å²) in [6.45, 7) is 2.03. The highest BCUT2D eigenvalue weighted by Crippen LogP contribution is 2.25. The average molecular weight is 280 g/mol. The zero-order chi connectivity index (χ0) is 15.1. The summed E-state index contributed by atoms with van der Waals surface area (Å²) in [7, 11) is 1.64. The second-order valence-corrected chi connectivity index (χ2v) is 5.07. The van der Waals surface area contributed by atoms with Gasteiger partial charge in [0.1, 0.15) is 11.3 Å². The van der Waals surface area contributed by atoms with Gasteiger partial charge in [0.15, 0.2) is 0 Å². The Kier molecular flexibility index (Phi) is 4.84. The molecule has 0 heterocycles. The number of nitrogens with zero attached hydrogens (tertiary/aromatic N) is 1. The molecule has 3 nitrogen and oxygen atoms in total. The third-order valence-corrected chi connectivity index (χ3v) is 3.62. The minimum Gasteiger partial charge on any atom is -0.497 e. The summed E-state index contributed by atoms with van der Waals surface area (Å²) < 4.78 is 5.23. The number of nitriles is 1. The number of ether oxygens (including phenoxy) is 1. The molecule has 2 aromatic rings. The Hall–Kier alpha value is -2.47. The zero-order valence-electron chi connectivity index (χ0n) is 12.5. The second kappa shape index (κ2) is 6.81. The molecule has 2 aromatic carbocycles. The van der Waals surface area contributed by atoms with Gasteiger partial charge in [0, 0.05) is 18.2 Å². The zero-order valence-corrected chi connectivity index (χ0v) is 12.5. The van der Waals surface area contributed by atoms with Crippen LogP contribution in [-0.2, 0) is 6.42 Å². The van der Waals surface area contributed by atoms with Crippen LogP contribution in [0.1, 0.15) is 18.9 Å². The van der Waals surface area contributed by atoms with Crippen LogP contribution in [0.4, 0.5) is 5.69 Å². The summed E-state index contributed by atoms with van der Waals surface area (Å²) >= 11 is 0.